The molecule has 25 heavy (non-hydrogen) atoms. The van der Waals surface area contributed by atoms with E-state index < -0.39 is 0 Å². The lowest BCUT2D eigenvalue weighted by Crippen LogP contribution is -2.13. The zero-order chi connectivity index (χ0) is 17.6. The highest BCUT2D eigenvalue weighted by molar-refractivity contribution is 6.31. The third-order valence-electron chi connectivity index (χ3n) is 3.52. The fraction of sp³-hybridized carbons (Fsp3) is 0. The second kappa shape index (κ2) is 7.64. The van der Waals surface area contributed by atoms with Crippen LogP contribution in [-0.4, -0.2) is 11.8 Å². The quantitative estimate of drug-likeness (QED) is 0.707. The van der Waals surface area contributed by atoms with Crippen molar-refractivity contribution in [2.45, 2.75) is 0 Å². The van der Waals surface area contributed by atoms with Gasteiger partial charge in [0.25, 0.3) is 11.8 Å². The largest absolute Gasteiger partial charge is 0.322 e. The van der Waals surface area contributed by atoms with E-state index in [2.05, 4.69) is 10.6 Å². The maximum Gasteiger partial charge on any atom is 0.255 e. The monoisotopic (exact) mass is 350 g/mol. The van der Waals surface area contributed by atoms with E-state index in [-0.39, 0.29) is 11.8 Å². The van der Waals surface area contributed by atoms with Crippen LogP contribution in [0.1, 0.15) is 20.7 Å². The summed E-state index contributed by atoms with van der Waals surface area (Å²) in [6.07, 6.45) is 0. The van der Waals surface area contributed by atoms with Crippen LogP contribution in [0, 0.1) is 0 Å². The molecule has 5 heteroatoms. The molecular formula is C20H15ClN2O2. The molecule has 0 saturated carbocycles. The van der Waals surface area contributed by atoms with Crippen LogP contribution in [0.3, 0.4) is 0 Å². The van der Waals surface area contributed by atoms with Crippen molar-refractivity contribution in [2.75, 3.05) is 10.6 Å². The van der Waals surface area contributed by atoms with Gasteiger partial charge in [-0.05, 0) is 54.6 Å². The number of rotatable bonds is 4. The lowest BCUT2D eigenvalue weighted by Gasteiger charge is -2.08. The van der Waals surface area contributed by atoms with Crippen LogP contribution < -0.4 is 10.6 Å². The maximum atomic E-state index is 12.2. The number of hydrogen-bond donors (Lipinski definition) is 2. The average Bonchev–Trinajstić information content (AvgIpc) is 2.63. The van der Waals surface area contributed by atoms with E-state index in [4.69, 9.17) is 11.6 Å². The normalized spacial score (nSPS) is 10.1. The van der Waals surface area contributed by atoms with Gasteiger partial charge in [0.05, 0.1) is 0 Å². The van der Waals surface area contributed by atoms with Gasteiger partial charge in [0.15, 0.2) is 0 Å². The van der Waals surface area contributed by atoms with Crippen molar-refractivity contribution >= 4 is 34.8 Å². The van der Waals surface area contributed by atoms with E-state index >= 15 is 0 Å². The zero-order valence-corrected chi connectivity index (χ0v) is 14.0. The molecule has 3 rings (SSSR count). The Bertz CT molecular complexity index is 893. The number of benzene rings is 3. The topological polar surface area (TPSA) is 58.2 Å². The molecule has 124 valence electrons. The van der Waals surface area contributed by atoms with E-state index in [9.17, 15) is 9.59 Å². The first-order chi connectivity index (χ1) is 12.1. The zero-order valence-electron chi connectivity index (χ0n) is 13.2. The Labute approximate surface area is 150 Å². The minimum atomic E-state index is -0.247. The molecule has 2 N–H and O–H groups in total. The summed E-state index contributed by atoms with van der Waals surface area (Å²) in [5.41, 5.74) is 2.30. The SMILES string of the molecule is O=C(Nc1ccc(C(=O)Nc2cccc(Cl)c2)cc1)c1ccccc1. The Morgan fingerprint density at radius 2 is 1.24 bits per heavy atom. The van der Waals surface area contributed by atoms with Gasteiger partial charge >= 0.3 is 0 Å². The van der Waals surface area contributed by atoms with Crippen LogP contribution in [0.15, 0.2) is 78.9 Å². The summed E-state index contributed by atoms with van der Waals surface area (Å²) in [6, 6.07) is 22.6. The third kappa shape index (κ3) is 4.46. The van der Waals surface area contributed by atoms with Crippen molar-refractivity contribution in [3.05, 3.63) is 95.0 Å². The van der Waals surface area contributed by atoms with Gasteiger partial charge in [-0.25, -0.2) is 0 Å². The molecular weight excluding hydrogens is 336 g/mol. The molecule has 0 heterocycles. The molecule has 0 bridgehead atoms. The van der Waals surface area contributed by atoms with Crippen LogP contribution in [-0.2, 0) is 0 Å². The Morgan fingerprint density at radius 1 is 0.640 bits per heavy atom. The molecule has 0 fully saturated rings. The molecule has 0 radical (unpaired) electrons. The van der Waals surface area contributed by atoms with E-state index in [0.29, 0.717) is 27.5 Å². The Morgan fingerprint density at radius 3 is 1.88 bits per heavy atom. The fourth-order valence-corrected chi connectivity index (χ4v) is 2.46. The van der Waals surface area contributed by atoms with Gasteiger partial charge in [-0.1, -0.05) is 35.9 Å². The molecule has 0 aliphatic carbocycles. The molecule has 0 aromatic heterocycles. The smallest absolute Gasteiger partial charge is 0.255 e. The summed E-state index contributed by atoms with van der Waals surface area (Å²) in [4.78, 5) is 24.3. The molecule has 2 amide bonds. The summed E-state index contributed by atoms with van der Waals surface area (Å²) in [5.74, 6) is -0.445. The van der Waals surface area contributed by atoms with E-state index in [1.165, 1.54) is 0 Å². The standard InChI is InChI=1S/C20H15ClN2O2/c21-16-7-4-8-18(13-16)23-20(25)15-9-11-17(12-10-15)22-19(24)14-5-2-1-3-6-14/h1-13H,(H,22,24)(H,23,25). The molecule has 0 unspecified atom stereocenters. The number of halogens is 1. The number of anilines is 2. The fourth-order valence-electron chi connectivity index (χ4n) is 2.27. The van der Waals surface area contributed by atoms with Gasteiger partial charge in [-0.3, -0.25) is 9.59 Å². The van der Waals surface area contributed by atoms with Crippen molar-refractivity contribution < 1.29 is 9.59 Å². The van der Waals surface area contributed by atoms with E-state index in [1.807, 2.05) is 6.07 Å². The van der Waals surface area contributed by atoms with E-state index in [1.54, 1.807) is 72.8 Å². The van der Waals surface area contributed by atoms with Gasteiger partial charge in [0, 0.05) is 27.5 Å². The van der Waals surface area contributed by atoms with Gasteiger partial charge in [0.1, 0.15) is 0 Å². The van der Waals surface area contributed by atoms with Crippen molar-refractivity contribution in [1.82, 2.24) is 0 Å². The van der Waals surface area contributed by atoms with Crippen molar-refractivity contribution in [3.63, 3.8) is 0 Å². The first kappa shape index (κ1) is 16.7. The molecule has 0 spiro atoms. The molecule has 0 aliphatic rings. The summed E-state index contributed by atoms with van der Waals surface area (Å²) in [7, 11) is 0. The minimum Gasteiger partial charge on any atom is -0.322 e. The summed E-state index contributed by atoms with van der Waals surface area (Å²) in [5, 5.41) is 6.12. The predicted octanol–water partition coefficient (Wildman–Crippen LogP) is 4.84. The van der Waals surface area contributed by atoms with Crippen LogP contribution >= 0.6 is 11.6 Å². The number of carbonyl (C=O) groups is 2. The van der Waals surface area contributed by atoms with Crippen molar-refractivity contribution in [1.29, 1.82) is 0 Å². The van der Waals surface area contributed by atoms with Crippen molar-refractivity contribution in [3.8, 4) is 0 Å². The second-order valence-corrected chi connectivity index (χ2v) is 5.80. The Hall–Kier alpha value is -3.11. The van der Waals surface area contributed by atoms with Gasteiger partial charge in [-0.2, -0.15) is 0 Å². The lowest BCUT2D eigenvalue weighted by atomic mass is 10.1. The highest BCUT2D eigenvalue weighted by atomic mass is 35.5. The first-order valence-corrected chi connectivity index (χ1v) is 8.03. The van der Waals surface area contributed by atoms with Crippen LogP contribution in [0.25, 0.3) is 0 Å². The third-order valence-corrected chi connectivity index (χ3v) is 3.76. The first-order valence-electron chi connectivity index (χ1n) is 7.65. The summed E-state index contributed by atoms with van der Waals surface area (Å²) in [6.45, 7) is 0. The van der Waals surface area contributed by atoms with E-state index in [0.717, 1.165) is 0 Å². The average molecular weight is 351 g/mol. The van der Waals surface area contributed by atoms with Crippen molar-refractivity contribution in [2.24, 2.45) is 0 Å². The summed E-state index contributed by atoms with van der Waals surface area (Å²) < 4.78 is 0. The number of hydrogen-bond acceptors (Lipinski definition) is 2. The highest BCUT2D eigenvalue weighted by Gasteiger charge is 2.08. The molecule has 3 aromatic rings. The number of nitrogens with one attached hydrogen (secondary N) is 2. The van der Waals surface area contributed by atoms with Crippen LogP contribution in [0.2, 0.25) is 5.02 Å². The number of carbonyl (C=O) groups excluding carboxylic acids is 2. The molecule has 0 aliphatic heterocycles. The molecule has 0 atom stereocenters. The van der Waals surface area contributed by atoms with Crippen LogP contribution in [0.4, 0.5) is 11.4 Å². The Kier molecular flexibility index (Phi) is 5.11. The number of amides is 2. The Balaban J connectivity index is 1.65. The van der Waals surface area contributed by atoms with Crippen LogP contribution in [0.5, 0.6) is 0 Å². The van der Waals surface area contributed by atoms with Gasteiger partial charge < -0.3 is 10.6 Å². The highest BCUT2D eigenvalue weighted by Crippen LogP contribution is 2.17. The minimum absolute atomic E-state index is 0.197. The predicted molar refractivity (Wildman–Crippen MR) is 100 cm³/mol. The maximum absolute atomic E-state index is 12.2. The molecule has 0 saturated heterocycles. The van der Waals surface area contributed by atoms with Gasteiger partial charge in [-0.15, -0.1) is 0 Å². The lowest BCUT2D eigenvalue weighted by molar-refractivity contribution is 0.102. The van der Waals surface area contributed by atoms with Gasteiger partial charge in [0.2, 0.25) is 0 Å². The molecule has 3 aromatic carbocycles. The molecule has 4 nitrogen and oxygen atoms in total. The summed E-state index contributed by atoms with van der Waals surface area (Å²) >= 11 is 5.90. The second-order valence-electron chi connectivity index (χ2n) is 5.36.